The van der Waals surface area contributed by atoms with E-state index in [4.69, 9.17) is 9.47 Å². The highest BCUT2D eigenvalue weighted by Gasteiger charge is 2.48. The van der Waals surface area contributed by atoms with Crippen LogP contribution in [-0.2, 0) is 19.5 Å². The van der Waals surface area contributed by atoms with E-state index in [1.807, 2.05) is 24.3 Å². The Balaban J connectivity index is 1.60. The zero-order valence-electron chi connectivity index (χ0n) is 12.3. The lowest BCUT2D eigenvalue weighted by molar-refractivity contribution is 0.0181. The molecule has 4 atom stereocenters. The zero-order chi connectivity index (χ0) is 16.0. The van der Waals surface area contributed by atoms with Crippen LogP contribution in [0.5, 0.6) is 0 Å². The van der Waals surface area contributed by atoms with Gasteiger partial charge in [0, 0.05) is 0 Å². The summed E-state index contributed by atoms with van der Waals surface area (Å²) in [4.78, 5) is 0.207. The molecule has 0 spiro atoms. The Morgan fingerprint density at radius 2 is 1.74 bits per heavy atom. The van der Waals surface area contributed by atoms with Crippen molar-refractivity contribution < 1.29 is 23.0 Å². The van der Waals surface area contributed by atoms with Crippen LogP contribution in [0.4, 0.5) is 0 Å². The molecule has 2 fully saturated rings. The zero-order valence-corrected chi connectivity index (χ0v) is 13.1. The maximum atomic E-state index is 12.6. The van der Waals surface area contributed by atoms with E-state index in [-0.39, 0.29) is 18.1 Å². The molecule has 4 unspecified atom stereocenters. The predicted molar refractivity (Wildman–Crippen MR) is 83.5 cm³/mol. The van der Waals surface area contributed by atoms with Crippen LogP contribution in [-0.4, -0.2) is 51.1 Å². The summed E-state index contributed by atoms with van der Waals surface area (Å²) in [6.07, 6.45) is -1.60. The Labute approximate surface area is 134 Å². The second-order valence-electron chi connectivity index (χ2n) is 5.90. The number of benzene rings is 2. The molecule has 2 saturated heterocycles. The van der Waals surface area contributed by atoms with Crippen LogP contribution in [0.1, 0.15) is 0 Å². The molecular formula is C16H17NO5S. The molecule has 122 valence electrons. The quantitative estimate of drug-likeness (QED) is 0.860. The van der Waals surface area contributed by atoms with Crippen molar-refractivity contribution in [3.8, 4) is 0 Å². The number of nitrogens with one attached hydrogen (secondary N) is 1. The Bertz CT molecular complexity index is 837. The molecule has 6 nitrogen and oxygen atoms in total. The van der Waals surface area contributed by atoms with E-state index in [0.29, 0.717) is 0 Å². The maximum Gasteiger partial charge on any atom is 0.241 e. The average Bonchev–Trinajstić information content (AvgIpc) is 3.11. The topological polar surface area (TPSA) is 84.9 Å². The lowest BCUT2D eigenvalue weighted by Crippen LogP contribution is -2.44. The van der Waals surface area contributed by atoms with Crippen LogP contribution in [0.3, 0.4) is 0 Å². The molecule has 0 saturated carbocycles. The molecule has 4 rings (SSSR count). The molecule has 0 radical (unpaired) electrons. The van der Waals surface area contributed by atoms with Crippen LogP contribution in [0.25, 0.3) is 10.8 Å². The fraction of sp³-hybridized carbons (Fsp3) is 0.375. The van der Waals surface area contributed by atoms with E-state index in [1.54, 1.807) is 18.2 Å². The number of fused-ring (bicyclic) bond motifs is 2. The maximum absolute atomic E-state index is 12.6. The number of ether oxygens (including phenoxy) is 2. The van der Waals surface area contributed by atoms with Gasteiger partial charge in [-0.05, 0) is 22.9 Å². The van der Waals surface area contributed by atoms with E-state index in [2.05, 4.69) is 4.72 Å². The predicted octanol–water partition coefficient (Wildman–Crippen LogP) is 0.645. The van der Waals surface area contributed by atoms with Crippen molar-refractivity contribution in [2.45, 2.75) is 29.2 Å². The molecule has 0 aromatic heterocycles. The first-order chi connectivity index (χ1) is 11.0. The van der Waals surface area contributed by atoms with Gasteiger partial charge in [0.1, 0.15) is 18.3 Å². The van der Waals surface area contributed by atoms with Crippen LogP contribution in [0.15, 0.2) is 47.4 Å². The molecule has 0 aliphatic carbocycles. The molecule has 2 aromatic carbocycles. The first-order valence-corrected chi connectivity index (χ1v) is 8.95. The third-order valence-electron chi connectivity index (χ3n) is 4.37. The molecule has 0 amide bonds. The fourth-order valence-corrected chi connectivity index (χ4v) is 4.45. The lowest BCUT2D eigenvalue weighted by Gasteiger charge is -2.17. The van der Waals surface area contributed by atoms with E-state index < -0.39 is 34.4 Å². The third kappa shape index (κ3) is 2.64. The van der Waals surface area contributed by atoms with E-state index in [0.717, 1.165) is 10.8 Å². The first kappa shape index (κ1) is 15.0. The summed E-state index contributed by atoms with van der Waals surface area (Å²) >= 11 is 0. The van der Waals surface area contributed by atoms with Gasteiger partial charge in [-0.3, -0.25) is 0 Å². The van der Waals surface area contributed by atoms with Gasteiger partial charge in [0.05, 0.1) is 24.2 Å². The second-order valence-corrected chi connectivity index (χ2v) is 7.61. The van der Waals surface area contributed by atoms with Crippen LogP contribution >= 0.6 is 0 Å². The number of sulfonamides is 1. The Kier molecular flexibility index (Phi) is 3.62. The Morgan fingerprint density at radius 3 is 2.57 bits per heavy atom. The van der Waals surface area contributed by atoms with Crippen molar-refractivity contribution in [3.05, 3.63) is 42.5 Å². The largest absolute Gasteiger partial charge is 0.388 e. The lowest BCUT2D eigenvalue weighted by atomic mass is 10.1. The molecule has 0 bridgehead atoms. The van der Waals surface area contributed by atoms with Gasteiger partial charge in [0.2, 0.25) is 10.0 Å². The van der Waals surface area contributed by atoms with E-state index in [9.17, 15) is 13.5 Å². The molecule has 7 heteroatoms. The average molecular weight is 335 g/mol. The van der Waals surface area contributed by atoms with Crippen LogP contribution in [0.2, 0.25) is 0 Å². The second kappa shape index (κ2) is 5.54. The highest BCUT2D eigenvalue weighted by molar-refractivity contribution is 7.89. The van der Waals surface area contributed by atoms with Crippen molar-refractivity contribution in [2.75, 3.05) is 13.2 Å². The summed E-state index contributed by atoms with van der Waals surface area (Å²) in [5.41, 5.74) is 0. The molecule has 23 heavy (non-hydrogen) atoms. The summed E-state index contributed by atoms with van der Waals surface area (Å²) in [7, 11) is -3.68. The van der Waals surface area contributed by atoms with Crippen molar-refractivity contribution >= 4 is 20.8 Å². The minimum atomic E-state index is -3.68. The van der Waals surface area contributed by atoms with Gasteiger partial charge < -0.3 is 14.6 Å². The highest BCUT2D eigenvalue weighted by atomic mass is 32.2. The molecule has 2 N–H and O–H groups in total. The van der Waals surface area contributed by atoms with E-state index >= 15 is 0 Å². The van der Waals surface area contributed by atoms with Crippen molar-refractivity contribution in [2.24, 2.45) is 0 Å². The SMILES string of the molecule is O=S(=O)(NC1COC2C(O)COC12)c1ccc2ccccc2c1. The number of rotatable bonds is 3. The van der Waals surface area contributed by atoms with Crippen LogP contribution in [0, 0.1) is 0 Å². The number of hydrogen-bond donors (Lipinski definition) is 2. The Hall–Kier alpha value is -1.51. The first-order valence-electron chi connectivity index (χ1n) is 7.47. The van der Waals surface area contributed by atoms with Gasteiger partial charge in [-0.25, -0.2) is 13.1 Å². The molecule has 2 aliphatic rings. The summed E-state index contributed by atoms with van der Waals surface area (Å²) in [5, 5.41) is 11.6. The Morgan fingerprint density at radius 1 is 1.00 bits per heavy atom. The van der Waals surface area contributed by atoms with Gasteiger partial charge in [-0.2, -0.15) is 0 Å². The van der Waals surface area contributed by atoms with Gasteiger partial charge in [0.25, 0.3) is 0 Å². The summed E-state index contributed by atoms with van der Waals surface area (Å²) < 4.78 is 38.8. The minimum Gasteiger partial charge on any atom is -0.388 e. The normalized spacial score (nSPS) is 30.7. The molecule has 2 aliphatic heterocycles. The summed E-state index contributed by atoms with van der Waals surface area (Å²) in [6, 6.07) is 12.1. The van der Waals surface area contributed by atoms with Gasteiger partial charge in [0.15, 0.2) is 0 Å². The van der Waals surface area contributed by atoms with Gasteiger partial charge in [-0.1, -0.05) is 30.3 Å². The molecule has 2 aromatic rings. The van der Waals surface area contributed by atoms with E-state index in [1.165, 1.54) is 0 Å². The van der Waals surface area contributed by atoms with Crippen molar-refractivity contribution in [1.82, 2.24) is 4.72 Å². The summed E-state index contributed by atoms with van der Waals surface area (Å²) in [5.74, 6) is 0. The number of aliphatic hydroxyl groups excluding tert-OH is 1. The molecular weight excluding hydrogens is 318 g/mol. The monoisotopic (exact) mass is 335 g/mol. The highest BCUT2D eigenvalue weighted by Crippen LogP contribution is 2.28. The number of hydrogen-bond acceptors (Lipinski definition) is 5. The van der Waals surface area contributed by atoms with Gasteiger partial charge in [-0.15, -0.1) is 0 Å². The standard InChI is InChI=1S/C16H17NO5S/c18-14-9-22-15-13(8-21-16(14)15)17-23(19,20)12-6-5-10-3-1-2-4-11(10)7-12/h1-7,13-18H,8-9H2. The fourth-order valence-electron chi connectivity index (χ4n) is 3.18. The minimum absolute atomic E-state index is 0.170. The van der Waals surface area contributed by atoms with Gasteiger partial charge >= 0.3 is 0 Å². The van der Waals surface area contributed by atoms with Crippen molar-refractivity contribution in [1.29, 1.82) is 0 Å². The third-order valence-corrected chi connectivity index (χ3v) is 5.85. The smallest absolute Gasteiger partial charge is 0.241 e. The summed E-state index contributed by atoms with van der Waals surface area (Å²) in [6.45, 7) is 0.364. The molecule has 2 heterocycles. The van der Waals surface area contributed by atoms with Crippen LogP contribution < -0.4 is 4.72 Å². The number of aliphatic hydroxyl groups is 1. The van der Waals surface area contributed by atoms with Crippen molar-refractivity contribution in [3.63, 3.8) is 0 Å².